The van der Waals surface area contributed by atoms with E-state index in [4.69, 9.17) is 9.47 Å². The Kier molecular flexibility index (Phi) is 5.52. The molecule has 4 heteroatoms. The SMILES string of the molecule is CCCC(C)(OC(=O)c1ccccc1)OC(=O)c1ccccc1. The van der Waals surface area contributed by atoms with Crippen molar-refractivity contribution in [2.24, 2.45) is 0 Å². The van der Waals surface area contributed by atoms with Crippen LogP contribution in [0.2, 0.25) is 0 Å². The van der Waals surface area contributed by atoms with Crippen molar-refractivity contribution in [1.29, 1.82) is 0 Å². The maximum absolute atomic E-state index is 12.2. The largest absolute Gasteiger partial charge is 0.419 e. The lowest BCUT2D eigenvalue weighted by atomic mass is 10.1. The number of carbonyl (C=O) groups excluding carboxylic acids is 2. The zero-order valence-electron chi connectivity index (χ0n) is 13.3. The van der Waals surface area contributed by atoms with E-state index in [1.54, 1.807) is 55.5 Å². The van der Waals surface area contributed by atoms with E-state index in [0.717, 1.165) is 0 Å². The first kappa shape index (κ1) is 16.7. The molecule has 0 radical (unpaired) electrons. The zero-order chi connectivity index (χ0) is 16.7. The minimum atomic E-state index is -1.30. The van der Waals surface area contributed by atoms with Crippen LogP contribution in [-0.4, -0.2) is 17.7 Å². The summed E-state index contributed by atoms with van der Waals surface area (Å²) in [6.07, 6.45) is 1.13. The summed E-state index contributed by atoms with van der Waals surface area (Å²) in [7, 11) is 0. The third kappa shape index (κ3) is 4.68. The van der Waals surface area contributed by atoms with Gasteiger partial charge in [0.15, 0.2) is 0 Å². The Bertz CT molecular complexity index is 596. The highest BCUT2D eigenvalue weighted by Gasteiger charge is 2.33. The molecule has 0 aliphatic carbocycles. The molecule has 0 saturated carbocycles. The van der Waals surface area contributed by atoms with Crippen molar-refractivity contribution < 1.29 is 19.1 Å². The summed E-state index contributed by atoms with van der Waals surface area (Å²) in [5, 5.41) is 0. The molecule has 0 saturated heterocycles. The molecule has 4 nitrogen and oxygen atoms in total. The minimum Gasteiger partial charge on any atom is -0.419 e. The summed E-state index contributed by atoms with van der Waals surface area (Å²) in [6.45, 7) is 3.54. The molecule has 2 rings (SSSR count). The van der Waals surface area contributed by atoms with Gasteiger partial charge in [0.05, 0.1) is 11.1 Å². The first-order valence-corrected chi connectivity index (χ1v) is 7.61. The lowest BCUT2D eigenvalue weighted by Gasteiger charge is -2.29. The number of ether oxygens (including phenoxy) is 2. The van der Waals surface area contributed by atoms with Gasteiger partial charge in [-0.3, -0.25) is 0 Å². The minimum absolute atomic E-state index is 0.421. The van der Waals surface area contributed by atoms with Crippen LogP contribution >= 0.6 is 0 Å². The van der Waals surface area contributed by atoms with Crippen LogP contribution in [0.3, 0.4) is 0 Å². The summed E-state index contributed by atoms with van der Waals surface area (Å²) in [6, 6.07) is 17.3. The standard InChI is InChI=1S/C19H20O4/c1-3-14-19(2,22-17(20)15-10-6-4-7-11-15)23-18(21)16-12-8-5-9-13-16/h4-13H,3,14H2,1-2H3. The fourth-order valence-electron chi connectivity index (χ4n) is 2.24. The molecule has 0 aliphatic heterocycles. The molecule has 0 spiro atoms. The molecule has 0 amide bonds. The second-order valence-corrected chi connectivity index (χ2v) is 5.39. The van der Waals surface area contributed by atoms with Crippen molar-refractivity contribution in [3.8, 4) is 0 Å². The molecule has 0 aliphatic rings. The second-order valence-electron chi connectivity index (χ2n) is 5.39. The molecular formula is C19H20O4. The van der Waals surface area contributed by atoms with E-state index in [1.165, 1.54) is 0 Å². The molecule has 23 heavy (non-hydrogen) atoms. The summed E-state index contributed by atoms with van der Waals surface area (Å²) in [5.41, 5.74) is 0.844. The van der Waals surface area contributed by atoms with Gasteiger partial charge >= 0.3 is 11.9 Å². The van der Waals surface area contributed by atoms with Crippen molar-refractivity contribution in [2.45, 2.75) is 32.5 Å². The lowest BCUT2D eigenvalue weighted by Crippen LogP contribution is -2.37. The Labute approximate surface area is 136 Å². The van der Waals surface area contributed by atoms with E-state index in [0.29, 0.717) is 24.0 Å². The molecule has 0 bridgehead atoms. The van der Waals surface area contributed by atoms with E-state index in [2.05, 4.69) is 0 Å². The fraction of sp³-hybridized carbons (Fsp3) is 0.263. The van der Waals surface area contributed by atoms with Gasteiger partial charge in [-0.1, -0.05) is 43.3 Å². The Balaban J connectivity index is 2.12. The van der Waals surface area contributed by atoms with Gasteiger partial charge in [-0.2, -0.15) is 0 Å². The Hall–Kier alpha value is -2.62. The fourth-order valence-corrected chi connectivity index (χ4v) is 2.24. The normalized spacial score (nSPS) is 10.9. The lowest BCUT2D eigenvalue weighted by molar-refractivity contribution is -0.160. The van der Waals surface area contributed by atoms with Gasteiger partial charge in [0.25, 0.3) is 5.79 Å². The molecule has 0 atom stereocenters. The molecule has 0 unspecified atom stereocenters. The van der Waals surface area contributed by atoms with E-state index < -0.39 is 17.7 Å². The Morgan fingerprint density at radius 3 is 1.57 bits per heavy atom. The quantitative estimate of drug-likeness (QED) is 0.592. The first-order valence-electron chi connectivity index (χ1n) is 7.61. The van der Waals surface area contributed by atoms with Crippen LogP contribution in [0, 0.1) is 0 Å². The second kappa shape index (κ2) is 7.58. The topological polar surface area (TPSA) is 52.6 Å². The number of esters is 2. The van der Waals surface area contributed by atoms with Crippen molar-refractivity contribution in [3.63, 3.8) is 0 Å². The number of hydrogen-bond donors (Lipinski definition) is 0. The predicted molar refractivity (Wildman–Crippen MR) is 87.0 cm³/mol. The van der Waals surface area contributed by atoms with Crippen molar-refractivity contribution in [2.75, 3.05) is 0 Å². The Morgan fingerprint density at radius 2 is 1.22 bits per heavy atom. The highest BCUT2D eigenvalue weighted by molar-refractivity contribution is 5.91. The molecule has 0 heterocycles. The van der Waals surface area contributed by atoms with Crippen LogP contribution in [0.25, 0.3) is 0 Å². The summed E-state index contributed by atoms with van der Waals surface area (Å²) < 4.78 is 10.9. The average Bonchev–Trinajstić information content (AvgIpc) is 2.56. The average molecular weight is 312 g/mol. The third-order valence-corrected chi connectivity index (χ3v) is 3.34. The van der Waals surface area contributed by atoms with Gasteiger partial charge in [0.1, 0.15) is 0 Å². The monoisotopic (exact) mass is 312 g/mol. The van der Waals surface area contributed by atoms with E-state index in [-0.39, 0.29) is 0 Å². The summed E-state index contributed by atoms with van der Waals surface area (Å²) in [4.78, 5) is 24.5. The number of carbonyl (C=O) groups is 2. The van der Waals surface area contributed by atoms with Crippen LogP contribution in [0.5, 0.6) is 0 Å². The van der Waals surface area contributed by atoms with Crippen LogP contribution in [0.15, 0.2) is 60.7 Å². The van der Waals surface area contributed by atoms with Crippen molar-refractivity contribution in [1.82, 2.24) is 0 Å². The molecule has 0 aromatic heterocycles. The van der Waals surface area contributed by atoms with E-state index in [9.17, 15) is 9.59 Å². The van der Waals surface area contributed by atoms with E-state index in [1.807, 2.05) is 19.1 Å². The van der Waals surface area contributed by atoms with Crippen LogP contribution in [-0.2, 0) is 9.47 Å². The highest BCUT2D eigenvalue weighted by Crippen LogP contribution is 2.23. The number of rotatable bonds is 6. The summed E-state index contributed by atoms with van der Waals surface area (Å²) in [5.74, 6) is -2.32. The molecule has 120 valence electrons. The molecular weight excluding hydrogens is 292 g/mol. The number of hydrogen-bond acceptors (Lipinski definition) is 4. The third-order valence-electron chi connectivity index (χ3n) is 3.34. The molecule has 0 fully saturated rings. The molecule has 2 aromatic carbocycles. The van der Waals surface area contributed by atoms with Crippen LogP contribution in [0.4, 0.5) is 0 Å². The first-order chi connectivity index (χ1) is 11.0. The van der Waals surface area contributed by atoms with Gasteiger partial charge in [-0.15, -0.1) is 0 Å². The van der Waals surface area contributed by atoms with Crippen LogP contribution in [0.1, 0.15) is 47.4 Å². The van der Waals surface area contributed by atoms with Gasteiger partial charge in [0, 0.05) is 13.3 Å². The van der Waals surface area contributed by atoms with Crippen molar-refractivity contribution in [3.05, 3.63) is 71.8 Å². The maximum Gasteiger partial charge on any atom is 0.341 e. The van der Waals surface area contributed by atoms with Gasteiger partial charge in [-0.25, -0.2) is 9.59 Å². The smallest absolute Gasteiger partial charge is 0.341 e. The summed E-state index contributed by atoms with van der Waals surface area (Å²) >= 11 is 0. The van der Waals surface area contributed by atoms with Crippen LogP contribution < -0.4 is 0 Å². The Morgan fingerprint density at radius 1 is 0.826 bits per heavy atom. The van der Waals surface area contributed by atoms with E-state index >= 15 is 0 Å². The molecule has 2 aromatic rings. The van der Waals surface area contributed by atoms with Crippen molar-refractivity contribution >= 4 is 11.9 Å². The zero-order valence-corrected chi connectivity index (χ0v) is 13.3. The highest BCUT2D eigenvalue weighted by atomic mass is 16.7. The maximum atomic E-state index is 12.2. The predicted octanol–water partition coefficient (Wildman–Crippen LogP) is 4.22. The van der Waals surface area contributed by atoms with Gasteiger partial charge in [-0.05, 0) is 30.7 Å². The van der Waals surface area contributed by atoms with Gasteiger partial charge < -0.3 is 9.47 Å². The molecule has 0 N–H and O–H groups in total. The number of benzene rings is 2. The van der Waals surface area contributed by atoms with Gasteiger partial charge in [0.2, 0.25) is 0 Å².